The smallest absolute Gasteiger partial charge is 0.306 e. The zero-order chi connectivity index (χ0) is 58.5. The number of rotatable bonds is 64. The fourth-order valence-electron chi connectivity index (χ4n) is 10.2. The van der Waals surface area contributed by atoms with Gasteiger partial charge < -0.3 is 14.2 Å². The van der Waals surface area contributed by atoms with E-state index in [2.05, 4.69) is 106 Å². The molecule has 1 unspecified atom stereocenters. The molecule has 0 amide bonds. The van der Waals surface area contributed by atoms with Gasteiger partial charge in [-0.05, 0) is 96.3 Å². The maximum absolute atomic E-state index is 12.9. The van der Waals surface area contributed by atoms with E-state index in [1.54, 1.807) is 0 Å². The summed E-state index contributed by atoms with van der Waals surface area (Å²) in [6.07, 6.45) is 91.9. The third-order valence-corrected chi connectivity index (χ3v) is 15.4. The number of esters is 3. The van der Waals surface area contributed by atoms with Crippen LogP contribution in [0, 0.1) is 0 Å². The Balaban J connectivity index is 4.10. The molecule has 0 radical (unpaired) electrons. The molecule has 0 rings (SSSR count). The van der Waals surface area contributed by atoms with Crippen LogP contribution in [0.4, 0.5) is 0 Å². The summed E-state index contributed by atoms with van der Waals surface area (Å²) in [4.78, 5) is 38.3. The van der Waals surface area contributed by atoms with Crippen molar-refractivity contribution in [3.05, 3.63) is 85.1 Å². The number of carbonyl (C=O) groups excluding carboxylic acids is 3. The molecule has 0 saturated carbocycles. The molecule has 6 heteroatoms. The van der Waals surface area contributed by atoms with Gasteiger partial charge in [-0.1, -0.05) is 324 Å². The molecule has 0 aromatic rings. The van der Waals surface area contributed by atoms with Gasteiger partial charge in [0.2, 0.25) is 0 Å². The normalized spacial score (nSPS) is 12.6. The van der Waals surface area contributed by atoms with Crippen molar-refractivity contribution in [3.8, 4) is 0 Å². The van der Waals surface area contributed by atoms with Crippen LogP contribution in [0.15, 0.2) is 85.1 Å². The molecule has 0 saturated heterocycles. The van der Waals surface area contributed by atoms with E-state index in [4.69, 9.17) is 14.2 Å². The molecule has 0 fully saturated rings. The Morgan fingerprint density at radius 3 is 0.765 bits per heavy atom. The van der Waals surface area contributed by atoms with Crippen LogP contribution in [0.1, 0.15) is 355 Å². The number of hydrogen-bond acceptors (Lipinski definition) is 6. The zero-order valence-corrected chi connectivity index (χ0v) is 53.8. The minimum Gasteiger partial charge on any atom is -0.462 e. The molecule has 0 aliphatic rings. The van der Waals surface area contributed by atoms with Gasteiger partial charge in [0.15, 0.2) is 6.10 Å². The minimum atomic E-state index is -0.775. The first-order valence-electron chi connectivity index (χ1n) is 35.1. The van der Waals surface area contributed by atoms with Crippen molar-refractivity contribution in [2.45, 2.75) is 361 Å². The van der Waals surface area contributed by atoms with Crippen molar-refractivity contribution in [3.63, 3.8) is 0 Å². The van der Waals surface area contributed by atoms with Gasteiger partial charge in [0, 0.05) is 19.3 Å². The van der Waals surface area contributed by atoms with Gasteiger partial charge in [0.1, 0.15) is 13.2 Å². The molecule has 1 atom stereocenters. The van der Waals surface area contributed by atoms with Gasteiger partial charge in [-0.25, -0.2) is 0 Å². The summed E-state index contributed by atoms with van der Waals surface area (Å²) < 4.78 is 16.9. The third kappa shape index (κ3) is 67.3. The Hall–Kier alpha value is -3.41. The van der Waals surface area contributed by atoms with E-state index in [1.165, 1.54) is 218 Å². The highest BCUT2D eigenvalue weighted by Gasteiger charge is 2.19. The fraction of sp³-hybridized carbons (Fsp3) is 0.773. The molecular formula is C75H132O6. The van der Waals surface area contributed by atoms with Crippen molar-refractivity contribution in [1.82, 2.24) is 0 Å². The van der Waals surface area contributed by atoms with Crippen molar-refractivity contribution < 1.29 is 28.6 Å². The van der Waals surface area contributed by atoms with Gasteiger partial charge >= 0.3 is 17.9 Å². The van der Waals surface area contributed by atoms with Gasteiger partial charge in [-0.2, -0.15) is 0 Å². The second-order valence-corrected chi connectivity index (χ2v) is 23.4. The molecule has 81 heavy (non-hydrogen) atoms. The zero-order valence-electron chi connectivity index (χ0n) is 53.8. The summed E-state index contributed by atoms with van der Waals surface area (Å²) in [6.45, 7) is 6.55. The predicted octanol–water partition coefficient (Wildman–Crippen LogP) is 24.2. The van der Waals surface area contributed by atoms with E-state index in [0.29, 0.717) is 19.3 Å². The van der Waals surface area contributed by atoms with Crippen LogP contribution in [0.5, 0.6) is 0 Å². The lowest BCUT2D eigenvalue weighted by atomic mass is 10.0. The maximum atomic E-state index is 12.9. The minimum absolute atomic E-state index is 0.0722. The number of unbranched alkanes of at least 4 members (excludes halogenated alkanes) is 39. The number of hydrogen-bond donors (Lipinski definition) is 0. The monoisotopic (exact) mass is 1130 g/mol. The molecule has 0 N–H and O–H groups in total. The number of allylic oxidation sites excluding steroid dienone is 14. The largest absolute Gasteiger partial charge is 0.462 e. The maximum Gasteiger partial charge on any atom is 0.306 e. The first-order chi connectivity index (χ1) is 40.0. The van der Waals surface area contributed by atoms with Gasteiger partial charge in [0.05, 0.1) is 0 Å². The topological polar surface area (TPSA) is 78.9 Å². The summed E-state index contributed by atoms with van der Waals surface area (Å²) in [5, 5.41) is 0. The highest BCUT2D eigenvalue weighted by atomic mass is 16.6. The van der Waals surface area contributed by atoms with E-state index in [0.717, 1.165) is 96.3 Å². The first-order valence-corrected chi connectivity index (χ1v) is 35.1. The van der Waals surface area contributed by atoms with E-state index >= 15 is 0 Å². The van der Waals surface area contributed by atoms with Crippen LogP contribution in [0.3, 0.4) is 0 Å². The molecule has 0 aliphatic carbocycles. The predicted molar refractivity (Wildman–Crippen MR) is 353 cm³/mol. The molecule has 0 aromatic carbocycles. The highest BCUT2D eigenvalue weighted by molar-refractivity contribution is 5.71. The van der Waals surface area contributed by atoms with Crippen LogP contribution in [0.2, 0.25) is 0 Å². The lowest BCUT2D eigenvalue weighted by molar-refractivity contribution is -0.167. The summed E-state index contributed by atoms with van der Waals surface area (Å²) in [5.74, 6) is -0.860. The quantitative estimate of drug-likeness (QED) is 0.0261. The molecule has 6 nitrogen and oxygen atoms in total. The third-order valence-electron chi connectivity index (χ3n) is 15.4. The summed E-state index contributed by atoms with van der Waals surface area (Å²) >= 11 is 0. The molecular weight excluding hydrogens is 997 g/mol. The van der Waals surface area contributed by atoms with Gasteiger partial charge in [-0.3, -0.25) is 14.4 Å². The lowest BCUT2D eigenvalue weighted by Gasteiger charge is -2.18. The molecule has 0 spiro atoms. The van der Waals surface area contributed by atoms with Crippen LogP contribution in [-0.2, 0) is 28.6 Å². The molecule has 468 valence electrons. The summed E-state index contributed by atoms with van der Waals surface area (Å²) in [6, 6.07) is 0. The van der Waals surface area contributed by atoms with Crippen LogP contribution in [0.25, 0.3) is 0 Å². The Morgan fingerprint density at radius 1 is 0.259 bits per heavy atom. The van der Waals surface area contributed by atoms with Crippen molar-refractivity contribution in [2.75, 3.05) is 13.2 Å². The highest BCUT2D eigenvalue weighted by Crippen LogP contribution is 2.17. The van der Waals surface area contributed by atoms with E-state index in [1.807, 2.05) is 0 Å². The Bertz CT molecular complexity index is 1530. The molecule has 0 aliphatic heterocycles. The number of ether oxygens (including phenoxy) is 3. The average Bonchev–Trinajstić information content (AvgIpc) is 3.47. The Labute approximate surface area is 503 Å². The van der Waals surface area contributed by atoms with Gasteiger partial charge in [0.25, 0.3) is 0 Å². The number of carbonyl (C=O) groups is 3. The first kappa shape index (κ1) is 77.6. The van der Waals surface area contributed by atoms with Crippen molar-refractivity contribution in [2.24, 2.45) is 0 Å². The Morgan fingerprint density at radius 2 is 0.481 bits per heavy atom. The molecule has 0 aromatic heterocycles. The SMILES string of the molecule is CC/C=C\C/C=C\C/C=C\C/C=C\C/C=C\C/C=C\CCCCCCCCCCCCCCCCCCC(=O)OCC(COC(=O)CCCCCCCCCCCC)OC(=O)CCCCCCCCC/C=C\CCCCCCCCC. The van der Waals surface area contributed by atoms with Crippen LogP contribution < -0.4 is 0 Å². The second kappa shape index (κ2) is 69.1. The van der Waals surface area contributed by atoms with Crippen LogP contribution in [-0.4, -0.2) is 37.2 Å². The summed E-state index contributed by atoms with van der Waals surface area (Å²) in [5.41, 5.74) is 0. The Kier molecular flexibility index (Phi) is 66.2. The van der Waals surface area contributed by atoms with E-state index in [-0.39, 0.29) is 31.1 Å². The molecule has 0 bridgehead atoms. The van der Waals surface area contributed by atoms with Crippen LogP contribution >= 0.6 is 0 Å². The van der Waals surface area contributed by atoms with Crippen molar-refractivity contribution in [1.29, 1.82) is 0 Å². The second-order valence-electron chi connectivity index (χ2n) is 23.4. The lowest BCUT2D eigenvalue weighted by Crippen LogP contribution is -2.30. The van der Waals surface area contributed by atoms with Gasteiger partial charge in [-0.15, -0.1) is 0 Å². The molecule has 0 heterocycles. The van der Waals surface area contributed by atoms with E-state index in [9.17, 15) is 14.4 Å². The van der Waals surface area contributed by atoms with E-state index < -0.39 is 6.10 Å². The standard InChI is InChI=1S/C75H132O6/c1-4-7-10-13-16-19-22-24-26-28-30-31-32-33-34-35-36-37-38-39-40-41-42-43-44-45-46-48-49-51-53-56-59-62-65-68-74(77)80-71-72(70-79-73(76)67-64-61-58-55-21-18-15-12-9-6-3)81-75(78)69-66-63-60-57-54-52-50-47-29-27-25-23-20-17-14-11-8-5-2/h7,10,16,19,24,26-27,29-31,33-34,36-37,72H,4-6,8-9,11-15,17-18,20-23,25,28,32,35,38-71H2,1-3H3/b10-7-,19-16-,26-24-,29-27-,31-30-,34-33-,37-36-. The van der Waals surface area contributed by atoms with Crippen molar-refractivity contribution >= 4 is 17.9 Å². The average molecular weight is 1130 g/mol. The summed E-state index contributed by atoms with van der Waals surface area (Å²) in [7, 11) is 0. The fourth-order valence-corrected chi connectivity index (χ4v) is 10.2.